The summed E-state index contributed by atoms with van der Waals surface area (Å²) in [7, 11) is -11.1. The quantitative estimate of drug-likeness (QED) is 0.0401. The number of imide groups is 2. The molecule has 17 nitrogen and oxygen atoms in total. The highest BCUT2D eigenvalue weighted by molar-refractivity contribution is 7.99. The van der Waals surface area contributed by atoms with Crippen molar-refractivity contribution in [2.75, 3.05) is 68.3 Å². The van der Waals surface area contributed by atoms with Crippen molar-refractivity contribution < 1.29 is 58.4 Å². The summed E-state index contributed by atoms with van der Waals surface area (Å²) in [4.78, 5) is 73.0. The predicted octanol–water partition coefficient (Wildman–Crippen LogP) is 9.00. The maximum Gasteiger partial charge on any atom is 0.501 e. The van der Waals surface area contributed by atoms with Gasteiger partial charge >= 0.3 is 5.51 Å². The molecule has 5 aromatic carbocycles. The zero-order chi connectivity index (χ0) is 61.7. The van der Waals surface area contributed by atoms with Gasteiger partial charge in [0.15, 0.2) is 0 Å². The maximum atomic E-state index is 15.7. The Balaban J connectivity index is 0.734. The topological polar surface area (TPSA) is 206 Å². The Labute approximate surface area is 511 Å². The molecule has 1 unspecified atom stereocenters. The van der Waals surface area contributed by atoms with Crippen LogP contribution in [0.15, 0.2) is 129 Å². The van der Waals surface area contributed by atoms with Crippen LogP contribution in [0, 0.1) is 11.2 Å². The molecule has 0 saturated carbocycles. The van der Waals surface area contributed by atoms with E-state index in [-0.39, 0.29) is 53.8 Å². The second-order valence-electron chi connectivity index (χ2n) is 24.0. The molecule has 11 rings (SSSR count). The monoisotopic (exact) mass is 1270 g/mol. The number of piperidine rings is 1. The molecule has 87 heavy (non-hydrogen) atoms. The summed E-state index contributed by atoms with van der Waals surface area (Å²) >= 11 is 7.60. The van der Waals surface area contributed by atoms with Crippen LogP contribution in [0.2, 0.25) is 5.02 Å². The van der Waals surface area contributed by atoms with Crippen LogP contribution >= 0.6 is 23.4 Å². The molecular weight excluding hydrogens is 1210 g/mol. The van der Waals surface area contributed by atoms with E-state index in [0.29, 0.717) is 60.7 Å². The number of anilines is 2. The summed E-state index contributed by atoms with van der Waals surface area (Å²) in [5, 5.41) is 5.84. The number of amides is 5. The Morgan fingerprint density at radius 1 is 0.828 bits per heavy atom. The molecule has 3 N–H and O–H groups in total. The van der Waals surface area contributed by atoms with E-state index in [2.05, 4.69) is 56.2 Å². The smallest absolute Gasteiger partial charge is 0.380 e. The van der Waals surface area contributed by atoms with Gasteiger partial charge < -0.3 is 10.2 Å². The fourth-order valence-corrected chi connectivity index (χ4v) is 16.0. The number of piperazine rings is 2. The van der Waals surface area contributed by atoms with Gasteiger partial charge in [-0.2, -0.15) is 13.2 Å². The first-order valence-corrected chi connectivity index (χ1v) is 33.2. The molecule has 4 fully saturated rings. The van der Waals surface area contributed by atoms with Gasteiger partial charge in [0.2, 0.25) is 11.8 Å². The van der Waals surface area contributed by atoms with Crippen molar-refractivity contribution in [1.82, 2.24) is 29.6 Å². The van der Waals surface area contributed by atoms with Gasteiger partial charge in [-0.25, -0.2) is 25.9 Å². The van der Waals surface area contributed by atoms with E-state index in [1.54, 1.807) is 12.1 Å². The number of rotatable bonds is 19. The van der Waals surface area contributed by atoms with Crippen molar-refractivity contribution in [3.63, 3.8) is 0 Å². The molecule has 0 radical (unpaired) electrons. The lowest BCUT2D eigenvalue weighted by atomic mass is 9.73. The lowest BCUT2D eigenvalue weighted by molar-refractivity contribution is -0.136. The molecule has 2 bridgehead atoms. The Bertz CT molecular complexity index is 3790. The number of allylic oxidation sites excluding steroid dienone is 1. The zero-order valence-electron chi connectivity index (χ0n) is 47.7. The molecule has 0 aromatic heterocycles. The fraction of sp³-hybridized carbons (Fsp3) is 0.403. The maximum absolute atomic E-state index is 15.7. The molecule has 6 aliphatic rings. The molecule has 5 aliphatic heterocycles. The van der Waals surface area contributed by atoms with Crippen LogP contribution in [-0.2, 0) is 36.0 Å². The van der Waals surface area contributed by atoms with E-state index in [4.69, 9.17) is 11.6 Å². The number of hydrogen-bond donors (Lipinski definition) is 3. The third-order valence-electron chi connectivity index (χ3n) is 17.5. The van der Waals surface area contributed by atoms with Crippen LogP contribution in [0.3, 0.4) is 0 Å². The van der Waals surface area contributed by atoms with Crippen molar-refractivity contribution in [1.29, 1.82) is 0 Å². The minimum Gasteiger partial charge on any atom is -0.380 e. The molecule has 25 heteroatoms. The Morgan fingerprint density at radius 3 is 2.21 bits per heavy atom. The molecule has 4 atom stereocenters. The first-order chi connectivity index (χ1) is 41.3. The second-order valence-corrected chi connectivity index (χ2v) is 29.1. The van der Waals surface area contributed by atoms with Crippen LogP contribution < -0.4 is 20.3 Å². The second kappa shape index (κ2) is 24.7. The molecule has 5 amide bonds. The number of carbonyl (C=O) groups is 5. The lowest BCUT2D eigenvalue weighted by Gasteiger charge is -2.39. The van der Waals surface area contributed by atoms with E-state index in [1.807, 2.05) is 47.2 Å². The number of sulfone groups is 1. The van der Waals surface area contributed by atoms with Crippen molar-refractivity contribution >= 4 is 89.7 Å². The highest BCUT2D eigenvalue weighted by Crippen LogP contribution is 2.44. The highest BCUT2D eigenvalue weighted by atomic mass is 35.5. The van der Waals surface area contributed by atoms with Crippen LogP contribution in [0.4, 0.5) is 28.9 Å². The molecule has 5 aromatic rings. The molecule has 1 aliphatic carbocycles. The third-order valence-corrected chi connectivity index (χ3v) is 21.7. The number of benzene rings is 5. The van der Waals surface area contributed by atoms with E-state index >= 15 is 4.39 Å². The summed E-state index contributed by atoms with van der Waals surface area (Å²) in [6, 6.07) is 26.6. The van der Waals surface area contributed by atoms with Gasteiger partial charge in [-0.1, -0.05) is 61.4 Å². The van der Waals surface area contributed by atoms with Gasteiger partial charge in [0.25, 0.3) is 37.6 Å². The predicted molar refractivity (Wildman–Crippen MR) is 322 cm³/mol. The van der Waals surface area contributed by atoms with Crippen molar-refractivity contribution in [2.24, 2.45) is 5.41 Å². The molecule has 4 saturated heterocycles. The number of fused-ring (bicyclic) bond motifs is 3. The van der Waals surface area contributed by atoms with Crippen molar-refractivity contribution in [3.05, 3.63) is 153 Å². The summed E-state index contributed by atoms with van der Waals surface area (Å²) in [6.45, 7) is 10.2. The highest BCUT2D eigenvalue weighted by Gasteiger charge is 2.50. The summed E-state index contributed by atoms with van der Waals surface area (Å²) < 4.78 is 116. The summed E-state index contributed by atoms with van der Waals surface area (Å²) in [5.41, 5.74) is -1.53. The van der Waals surface area contributed by atoms with E-state index in [0.717, 1.165) is 68.0 Å². The summed E-state index contributed by atoms with van der Waals surface area (Å²) in [6.07, 6.45) is 3.95. The number of sulfonamides is 1. The van der Waals surface area contributed by atoms with Crippen LogP contribution in [0.5, 0.6) is 0 Å². The first kappa shape index (κ1) is 62.0. The van der Waals surface area contributed by atoms with Crippen LogP contribution in [0.25, 0.3) is 5.57 Å². The van der Waals surface area contributed by atoms with E-state index < -0.39 is 93.8 Å². The lowest BCUT2D eigenvalue weighted by Crippen LogP contribution is -2.54. The Morgan fingerprint density at radius 2 is 1.53 bits per heavy atom. The standard InChI is InChI=1S/C62H65ClF4N8O9S3/c1-61(2)22-20-49(39-8-12-42(63)13-9-39)41(32-61)34-71-24-26-72(27-25-71)44-14-10-40(11-15-44)57(77)70-87(83,84)48-16-17-52(54(31-48)86(81,82)62(65,66)67)68-43(37-85-47-6-4-3-5-7-47)21-23-73-35-46-30-45(73)36-74(46)33-38-28-50-56(51(64)29-38)60(80)75(59(50)79)53-18-19-55(76)69-58(53)78/h3-17,28-29,31,43,45-46,53,68H,18-27,30,32-37H2,1-2H3,(H,70,77)(H,69,76,78)/t43-,45-,46-,53?/m1/s1. The number of alkyl halides is 3. The average Bonchev–Trinajstić information content (AvgIpc) is 1.79. The van der Waals surface area contributed by atoms with Crippen LogP contribution in [0.1, 0.15) is 101 Å². The fourth-order valence-electron chi connectivity index (χ4n) is 12.9. The SMILES string of the molecule is CC1(C)CCC(c2ccc(Cl)cc2)=C(CN2CCN(c3ccc(C(=O)NS(=O)(=O)c4ccc(N[C@H](CCN5C[C@H]6C[C@@H]5CN6Cc5cc(F)c6c(c5)C(=O)N(C5CCC(=O)NC5=O)C6=O)CSc5ccccc5)c(S(=O)(=O)C(F)(F)F)c4)cc3)CC2)C1. The number of nitrogens with zero attached hydrogens (tertiary/aromatic N) is 5. The summed E-state index contributed by atoms with van der Waals surface area (Å²) in [5.74, 6) is -4.83. The zero-order valence-corrected chi connectivity index (χ0v) is 51.0. The third kappa shape index (κ3) is 13.4. The number of carbonyl (C=O) groups excluding carboxylic acids is 5. The van der Waals surface area contributed by atoms with Crippen molar-refractivity contribution in [3.8, 4) is 0 Å². The number of thioether (sulfide) groups is 1. The number of hydrogen-bond acceptors (Lipinski definition) is 15. The molecule has 0 spiro atoms. The normalized spacial score (nSPS) is 21.6. The Hall–Kier alpha value is -6.67. The molecule has 460 valence electrons. The molecular formula is C62H65ClF4N8O9S3. The van der Waals surface area contributed by atoms with E-state index in [1.165, 1.54) is 52.7 Å². The minimum atomic E-state index is -6.19. The average molecular weight is 1270 g/mol. The number of likely N-dealkylation sites (tertiary alicyclic amines) is 2. The number of halogens is 5. The van der Waals surface area contributed by atoms with Gasteiger partial charge in [0, 0.05) is 110 Å². The van der Waals surface area contributed by atoms with Gasteiger partial charge in [-0.05, 0) is 140 Å². The molecule has 5 heterocycles. The van der Waals surface area contributed by atoms with Gasteiger partial charge in [0.05, 0.1) is 21.7 Å². The van der Waals surface area contributed by atoms with E-state index in [9.17, 15) is 54.0 Å². The van der Waals surface area contributed by atoms with Gasteiger partial charge in [-0.15, -0.1) is 11.8 Å². The van der Waals surface area contributed by atoms with Crippen molar-refractivity contribution in [2.45, 2.75) is 110 Å². The first-order valence-electron chi connectivity index (χ1n) is 28.8. The number of nitrogens with one attached hydrogen (secondary N) is 3. The minimum absolute atomic E-state index is 0.00179. The Kier molecular flexibility index (Phi) is 17.6. The van der Waals surface area contributed by atoms with Gasteiger partial charge in [-0.3, -0.25) is 48.9 Å². The van der Waals surface area contributed by atoms with Gasteiger partial charge in [0.1, 0.15) is 16.8 Å². The largest absolute Gasteiger partial charge is 0.501 e. The van der Waals surface area contributed by atoms with Crippen LogP contribution in [-0.4, -0.2) is 154 Å².